The number of rotatable bonds is 6. The van der Waals surface area contributed by atoms with Gasteiger partial charge in [0.25, 0.3) is 11.6 Å². The van der Waals surface area contributed by atoms with Crippen molar-refractivity contribution in [1.82, 2.24) is 5.32 Å². The topological polar surface area (TPSA) is 102 Å². The van der Waals surface area contributed by atoms with Crippen LogP contribution in [0.3, 0.4) is 0 Å². The van der Waals surface area contributed by atoms with Crippen LogP contribution < -0.4 is 10.2 Å². The third-order valence-electron chi connectivity index (χ3n) is 6.66. The number of benzene rings is 2. The van der Waals surface area contributed by atoms with Gasteiger partial charge in [-0.05, 0) is 60.8 Å². The third-order valence-corrected chi connectivity index (χ3v) is 6.66. The first-order valence-electron chi connectivity index (χ1n) is 11.9. The molecule has 0 saturated carbocycles. The molecular formula is C26H31N3O5. The molecule has 8 nitrogen and oxygen atoms in total. The summed E-state index contributed by atoms with van der Waals surface area (Å²) in [6.45, 7) is 5.31. The monoisotopic (exact) mass is 465 g/mol. The van der Waals surface area contributed by atoms with E-state index in [1.165, 1.54) is 17.7 Å². The van der Waals surface area contributed by atoms with Crippen LogP contribution in [0.4, 0.5) is 11.4 Å². The number of anilines is 1. The zero-order chi connectivity index (χ0) is 24.2. The van der Waals surface area contributed by atoms with Crippen molar-refractivity contribution in [2.24, 2.45) is 11.8 Å². The zero-order valence-electron chi connectivity index (χ0n) is 19.7. The van der Waals surface area contributed by atoms with Gasteiger partial charge in [0, 0.05) is 19.2 Å². The van der Waals surface area contributed by atoms with Gasteiger partial charge in [0.05, 0.1) is 16.5 Å². The van der Waals surface area contributed by atoms with Crippen LogP contribution >= 0.6 is 0 Å². The molecule has 1 heterocycles. The molecule has 2 aromatic carbocycles. The number of nitrogens with one attached hydrogen (secondary N) is 1. The molecule has 34 heavy (non-hydrogen) atoms. The zero-order valence-corrected chi connectivity index (χ0v) is 19.7. The first kappa shape index (κ1) is 23.7. The van der Waals surface area contributed by atoms with Crippen molar-refractivity contribution in [3.63, 3.8) is 0 Å². The molecule has 0 spiro atoms. The second-order valence-corrected chi connectivity index (χ2v) is 9.60. The number of ether oxygens (including phenoxy) is 1. The van der Waals surface area contributed by atoms with E-state index in [1.54, 1.807) is 6.07 Å². The molecule has 0 aromatic heterocycles. The van der Waals surface area contributed by atoms with Gasteiger partial charge in [-0.3, -0.25) is 14.9 Å². The molecule has 0 unspecified atom stereocenters. The van der Waals surface area contributed by atoms with Crippen LogP contribution in [0, 0.1) is 22.0 Å². The van der Waals surface area contributed by atoms with Crippen molar-refractivity contribution in [3.05, 3.63) is 69.3 Å². The maximum Gasteiger partial charge on any atom is 0.338 e. The lowest BCUT2D eigenvalue weighted by Crippen LogP contribution is -2.39. The van der Waals surface area contributed by atoms with Crippen LogP contribution in [0.2, 0.25) is 0 Å². The van der Waals surface area contributed by atoms with E-state index in [0.29, 0.717) is 17.5 Å². The van der Waals surface area contributed by atoms with E-state index in [9.17, 15) is 19.7 Å². The van der Waals surface area contributed by atoms with Crippen LogP contribution in [-0.2, 0) is 16.0 Å². The minimum atomic E-state index is -0.755. The minimum Gasteiger partial charge on any atom is -0.452 e. The first-order chi connectivity index (χ1) is 16.3. The number of carbonyl (C=O) groups is 2. The minimum absolute atomic E-state index is 0.0596. The highest BCUT2D eigenvalue weighted by atomic mass is 16.6. The van der Waals surface area contributed by atoms with Gasteiger partial charge in [-0.1, -0.05) is 38.1 Å². The fourth-order valence-electron chi connectivity index (χ4n) is 5.28. The van der Waals surface area contributed by atoms with Crippen molar-refractivity contribution in [1.29, 1.82) is 0 Å². The molecule has 8 heteroatoms. The lowest BCUT2D eigenvalue weighted by atomic mass is 9.88. The van der Waals surface area contributed by atoms with Gasteiger partial charge >= 0.3 is 5.97 Å². The molecule has 1 aliphatic carbocycles. The third kappa shape index (κ3) is 5.38. The molecule has 0 bridgehead atoms. The number of carbonyl (C=O) groups excluding carboxylic acids is 2. The molecule has 4 rings (SSSR count). The Morgan fingerprint density at radius 2 is 1.88 bits per heavy atom. The molecule has 1 amide bonds. The van der Waals surface area contributed by atoms with Gasteiger partial charge in [-0.2, -0.15) is 0 Å². The Bertz CT molecular complexity index is 1080. The van der Waals surface area contributed by atoms with Gasteiger partial charge in [-0.15, -0.1) is 0 Å². The SMILES string of the molecule is C[C@@H]1C[C@@H](C)CN(c2ccc(C(=O)OCC(=O)N[C@H]3CCCc4ccccc43)cc2[N+](=O)[O-])C1. The fourth-order valence-corrected chi connectivity index (χ4v) is 5.28. The number of nitrogens with zero attached hydrogens (tertiary/aromatic N) is 2. The molecule has 2 aliphatic rings. The molecule has 180 valence electrons. The summed E-state index contributed by atoms with van der Waals surface area (Å²) in [4.78, 5) is 38.3. The van der Waals surface area contributed by atoms with E-state index in [4.69, 9.17) is 4.74 Å². The van der Waals surface area contributed by atoms with Crippen molar-refractivity contribution >= 4 is 23.3 Å². The molecule has 1 aliphatic heterocycles. The van der Waals surface area contributed by atoms with Crippen LogP contribution in [0.15, 0.2) is 42.5 Å². The predicted octanol–water partition coefficient (Wildman–Crippen LogP) is 4.43. The number of hydrogen-bond donors (Lipinski definition) is 1. The van der Waals surface area contributed by atoms with Crippen molar-refractivity contribution in [2.45, 2.75) is 45.6 Å². The van der Waals surface area contributed by atoms with Gasteiger partial charge < -0.3 is 15.0 Å². The molecular weight excluding hydrogens is 434 g/mol. The smallest absolute Gasteiger partial charge is 0.338 e. The second-order valence-electron chi connectivity index (χ2n) is 9.60. The molecule has 0 radical (unpaired) electrons. The number of piperidine rings is 1. The summed E-state index contributed by atoms with van der Waals surface area (Å²) >= 11 is 0. The fraction of sp³-hybridized carbons (Fsp3) is 0.462. The summed E-state index contributed by atoms with van der Waals surface area (Å²) in [5, 5.41) is 14.7. The highest BCUT2D eigenvalue weighted by Crippen LogP contribution is 2.34. The predicted molar refractivity (Wildman–Crippen MR) is 129 cm³/mol. The van der Waals surface area contributed by atoms with Gasteiger partial charge in [0.2, 0.25) is 0 Å². The summed E-state index contributed by atoms with van der Waals surface area (Å²) in [5.41, 5.74) is 2.76. The van der Waals surface area contributed by atoms with E-state index in [-0.39, 0.29) is 17.3 Å². The molecule has 2 aromatic rings. The van der Waals surface area contributed by atoms with Crippen molar-refractivity contribution in [2.75, 3.05) is 24.6 Å². The Kier molecular flexibility index (Phi) is 7.14. The maximum atomic E-state index is 12.6. The Hall–Kier alpha value is -3.42. The van der Waals surface area contributed by atoms with Crippen molar-refractivity contribution < 1.29 is 19.2 Å². The lowest BCUT2D eigenvalue weighted by molar-refractivity contribution is -0.384. The average Bonchev–Trinajstić information content (AvgIpc) is 2.81. The molecule has 1 saturated heterocycles. The number of aryl methyl sites for hydroxylation is 1. The van der Waals surface area contributed by atoms with Crippen LogP contribution in [-0.4, -0.2) is 36.5 Å². The quantitative estimate of drug-likeness (QED) is 0.385. The maximum absolute atomic E-state index is 12.6. The van der Waals surface area contributed by atoms with E-state index in [0.717, 1.165) is 44.3 Å². The summed E-state index contributed by atoms with van der Waals surface area (Å²) < 4.78 is 5.19. The van der Waals surface area contributed by atoms with Gasteiger partial charge in [-0.25, -0.2) is 4.79 Å². The number of nitro benzene ring substituents is 1. The Balaban J connectivity index is 1.40. The highest BCUT2D eigenvalue weighted by Gasteiger charge is 2.28. The van der Waals surface area contributed by atoms with E-state index in [1.807, 2.05) is 23.1 Å². The van der Waals surface area contributed by atoms with E-state index >= 15 is 0 Å². The second kappa shape index (κ2) is 10.2. The van der Waals surface area contributed by atoms with Crippen LogP contribution in [0.5, 0.6) is 0 Å². The Labute approximate surface area is 199 Å². The highest BCUT2D eigenvalue weighted by molar-refractivity contribution is 5.93. The standard InChI is InChI=1S/C26H31N3O5/c1-17-12-18(2)15-28(14-17)23-11-10-20(13-24(23)29(32)33)26(31)34-16-25(30)27-22-9-5-7-19-6-3-4-8-21(19)22/h3-4,6,8,10-11,13,17-18,22H,5,7,9,12,14-16H2,1-2H3,(H,27,30)/t17-,18-,22+/m1/s1. The van der Waals surface area contributed by atoms with Crippen LogP contribution in [0.25, 0.3) is 0 Å². The summed E-state index contributed by atoms with van der Waals surface area (Å²) in [7, 11) is 0. The number of hydrogen-bond acceptors (Lipinski definition) is 6. The van der Waals surface area contributed by atoms with Crippen LogP contribution in [0.1, 0.15) is 60.6 Å². The Morgan fingerprint density at radius 3 is 2.62 bits per heavy atom. The van der Waals surface area contributed by atoms with E-state index in [2.05, 4.69) is 25.2 Å². The number of fused-ring (bicyclic) bond motifs is 1. The number of amides is 1. The number of nitro groups is 1. The normalized spacial score (nSPS) is 21.9. The number of esters is 1. The summed E-state index contributed by atoms with van der Waals surface area (Å²) in [5.74, 6) is -0.281. The molecule has 1 fully saturated rings. The van der Waals surface area contributed by atoms with Crippen molar-refractivity contribution in [3.8, 4) is 0 Å². The first-order valence-corrected chi connectivity index (χ1v) is 11.9. The Morgan fingerprint density at radius 1 is 1.15 bits per heavy atom. The van der Waals surface area contributed by atoms with Gasteiger partial charge in [0.1, 0.15) is 5.69 Å². The lowest BCUT2D eigenvalue weighted by Gasteiger charge is -2.36. The average molecular weight is 466 g/mol. The largest absolute Gasteiger partial charge is 0.452 e. The molecule has 3 atom stereocenters. The molecule has 1 N–H and O–H groups in total. The van der Waals surface area contributed by atoms with Gasteiger partial charge in [0.15, 0.2) is 6.61 Å². The summed E-state index contributed by atoms with van der Waals surface area (Å²) in [6, 6.07) is 12.3. The van der Waals surface area contributed by atoms with E-state index < -0.39 is 23.4 Å². The summed E-state index contributed by atoms with van der Waals surface area (Å²) in [6.07, 6.45) is 3.88.